The lowest BCUT2D eigenvalue weighted by molar-refractivity contribution is -0.130. The van der Waals surface area contributed by atoms with E-state index in [1.165, 1.54) is 27.6 Å². The number of benzene rings is 2. The fraction of sp³-hybridized carbons (Fsp3) is 0.429. The van der Waals surface area contributed by atoms with E-state index in [2.05, 4.69) is 51.9 Å². The molecule has 2 aromatic carbocycles. The van der Waals surface area contributed by atoms with Crippen molar-refractivity contribution in [1.82, 2.24) is 14.4 Å². The Balaban J connectivity index is 1.34. The van der Waals surface area contributed by atoms with Crippen molar-refractivity contribution in [1.29, 1.82) is 0 Å². The molecule has 0 aliphatic carbocycles. The van der Waals surface area contributed by atoms with Gasteiger partial charge in [0.2, 0.25) is 5.91 Å². The van der Waals surface area contributed by atoms with Gasteiger partial charge in [-0.05, 0) is 53.6 Å². The maximum atomic E-state index is 12.9. The molecule has 5 nitrogen and oxygen atoms in total. The van der Waals surface area contributed by atoms with Crippen LogP contribution >= 0.6 is 0 Å². The number of amides is 1. The van der Waals surface area contributed by atoms with E-state index in [1.54, 1.807) is 13.0 Å². The molecule has 3 aromatic rings. The first kappa shape index (κ1) is 20.7. The third-order valence-electron chi connectivity index (χ3n) is 8.10. The zero-order chi connectivity index (χ0) is 22.5. The molecule has 5 heteroatoms. The zero-order valence-corrected chi connectivity index (χ0v) is 19.2. The molecular weight excluding hydrogens is 410 g/mol. The largest absolute Gasteiger partial charge is 0.343 e. The molecule has 0 saturated carbocycles. The highest BCUT2D eigenvalue weighted by Crippen LogP contribution is 2.41. The summed E-state index contributed by atoms with van der Waals surface area (Å²) in [5, 5.41) is 2.47. The Kier molecular flexibility index (Phi) is 5.10. The average molecular weight is 442 g/mol. The van der Waals surface area contributed by atoms with E-state index in [1.807, 2.05) is 11.0 Å². The molecule has 2 saturated heterocycles. The van der Waals surface area contributed by atoms with E-state index in [4.69, 9.17) is 0 Å². The lowest BCUT2D eigenvalue weighted by atomic mass is 9.79. The van der Waals surface area contributed by atoms with E-state index in [9.17, 15) is 9.59 Å². The fourth-order valence-corrected chi connectivity index (χ4v) is 6.50. The number of rotatable bonds is 2. The lowest BCUT2D eigenvalue weighted by Crippen LogP contribution is -2.53. The number of carbonyl (C=O) groups excluding carboxylic acids is 1. The first-order valence-corrected chi connectivity index (χ1v) is 12.3. The van der Waals surface area contributed by atoms with Gasteiger partial charge < -0.3 is 9.47 Å². The summed E-state index contributed by atoms with van der Waals surface area (Å²) in [5.41, 5.74) is 3.76. The van der Waals surface area contributed by atoms with Crippen LogP contribution in [0.4, 0.5) is 0 Å². The molecule has 3 aliphatic heterocycles. The summed E-state index contributed by atoms with van der Waals surface area (Å²) in [6, 6.07) is 19.4. The molecule has 0 radical (unpaired) electrons. The van der Waals surface area contributed by atoms with E-state index >= 15 is 0 Å². The van der Waals surface area contributed by atoms with Crippen LogP contribution in [0.1, 0.15) is 37.8 Å². The average Bonchev–Trinajstić information content (AvgIpc) is 2.84. The Morgan fingerprint density at radius 2 is 1.70 bits per heavy atom. The van der Waals surface area contributed by atoms with Gasteiger partial charge in [-0.2, -0.15) is 0 Å². The Bertz CT molecular complexity index is 1270. The lowest BCUT2D eigenvalue weighted by Gasteiger charge is -2.48. The summed E-state index contributed by atoms with van der Waals surface area (Å²) in [4.78, 5) is 29.3. The van der Waals surface area contributed by atoms with Gasteiger partial charge >= 0.3 is 0 Å². The van der Waals surface area contributed by atoms with Gasteiger partial charge in [0.05, 0.1) is 0 Å². The number of aromatic nitrogens is 1. The van der Waals surface area contributed by atoms with Crippen LogP contribution in [-0.2, 0) is 11.3 Å². The van der Waals surface area contributed by atoms with Crippen LogP contribution in [0.2, 0.25) is 0 Å². The second kappa shape index (κ2) is 8.14. The summed E-state index contributed by atoms with van der Waals surface area (Å²) in [5.74, 6) is 1.09. The molecule has 0 N–H and O–H groups in total. The van der Waals surface area contributed by atoms with Gasteiger partial charge in [-0.15, -0.1) is 0 Å². The maximum absolute atomic E-state index is 12.9. The van der Waals surface area contributed by atoms with Gasteiger partial charge in [-0.3, -0.25) is 14.5 Å². The predicted octanol–water partition coefficient (Wildman–Crippen LogP) is 4.10. The normalized spacial score (nSPS) is 23.5. The van der Waals surface area contributed by atoms with Gasteiger partial charge in [-0.25, -0.2) is 0 Å². The Morgan fingerprint density at radius 3 is 2.48 bits per heavy atom. The van der Waals surface area contributed by atoms with Gasteiger partial charge in [0, 0.05) is 68.9 Å². The summed E-state index contributed by atoms with van der Waals surface area (Å²) < 4.78 is 2.07. The predicted molar refractivity (Wildman–Crippen MR) is 131 cm³/mol. The van der Waals surface area contributed by atoms with Gasteiger partial charge in [0.15, 0.2) is 0 Å². The highest BCUT2D eigenvalue weighted by atomic mass is 16.2. The number of carbonyl (C=O) groups is 1. The van der Waals surface area contributed by atoms with Crippen LogP contribution in [0.25, 0.3) is 21.9 Å². The molecule has 0 unspecified atom stereocenters. The van der Waals surface area contributed by atoms with E-state index in [0.29, 0.717) is 17.9 Å². The number of nitrogens with zero attached hydrogens (tertiary/aromatic N) is 3. The molecular formula is C28H31N3O2. The van der Waals surface area contributed by atoms with Crippen LogP contribution in [0.5, 0.6) is 0 Å². The molecule has 4 heterocycles. The van der Waals surface area contributed by atoms with Crippen LogP contribution in [0, 0.1) is 5.92 Å². The van der Waals surface area contributed by atoms with Crippen molar-refractivity contribution in [3.05, 3.63) is 70.6 Å². The van der Waals surface area contributed by atoms with Crippen LogP contribution in [0.3, 0.4) is 0 Å². The molecule has 1 aromatic heterocycles. The molecule has 2 fully saturated rings. The SMILES string of the molecule is CC(=O)N1CCC(N2C[C@@H]3C[C@H](C2)c2c(-c4ccc5ccccc5c4)ccc(=O)n2C3)CC1. The molecule has 1 amide bonds. The Labute approximate surface area is 194 Å². The van der Waals surface area contributed by atoms with Crippen LogP contribution < -0.4 is 5.56 Å². The number of piperidine rings is 2. The molecule has 170 valence electrons. The van der Waals surface area contributed by atoms with Crippen molar-refractivity contribution in [3.63, 3.8) is 0 Å². The van der Waals surface area contributed by atoms with Crippen LogP contribution in [-0.4, -0.2) is 52.5 Å². The molecule has 2 bridgehead atoms. The molecule has 33 heavy (non-hydrogen) atoms. The van der Waals surface area contributed by atoms with Crippen molar-refractivity contribution < 1.29 is 4.79 Å². The van der Waals surface area contributed by atoms with Gasteiger partial charge in [0.1, 0.15) is 0 Å². The van der Waals surface area contributed by atoms with E-state index in [-0.39, 0.29) is 11.5 Å². The summed E-state index contributed by atoms with van der Waals surface area (Å²) in [6.07, 6.45) is 3.27. The third kappa shape index (κ3) is 3.68. The van der Waals surface area contributed by atoms with Gasteiger partial charge in [0.25, 0.3) is 5.56 Å². The van der Waals surface area contributed by atoms with Crippen molar-refractivity contribution in [2.75, 3.05) is 26.2 Å². The molecule has 0 spiro atoms. The minimum absolute atomic E-state index is 0.132. The topological polar surface area (TPSA) is 45.6 Å². The van der Waals surface area contributed by atoms with Crippen molar-refractivity contribution in [3.8, 4) is 11.1 Å². The fourth-order valence-electron chi connectivity index (χ4n) is 6.50. The van der Waals surface area contributed by atoms with Crippen molar-refractivity contribution in [2.24, 2.45) is 5.92 Å². The minimum Gasteiger partial charge on any atom is -0.343 e. The molecule has 6 rings (SSSR count). The standard InChI is InChI=1S/C28H31N3O2/c1-19(32)29-12-10-25(11-13-29)30-16-20-14-24(18-30)28-26(8-9-27(33)31(28)17-20)23-7-6-21-4-2-3-5-22(21)15-23/h2-9,15,20,24-25H,10-14,16-18H2,1H3/t20-,24+/m0/s1. The maximum Gasteiger partial charge on any atom is 0.250 e. The third-order valence-corrected chi connectivity index (χ3v) is 8.10. The number of fused-ring (bicyclic) bond motifs is 5. The number of pyridine rings is 1. The molecule has 2 atom stereocenters. The monoisotopic (exact) mass is 441 g/mol. The summed E-state index contributed by atoms with van der Waals surface area (Å²) in [6.45, 7) is 6.29. The Morgan fingerprint density at radius 1 is 0.909 bits per heavy atom. The summed E-state index contributed by atoms with van der Waals surface area (Å²) >= 11 is 0. The molecule has 3 aliphatic rings. The first-order valence-electron chi connectivity index (χ1n) is 12.3. The second-order valence-electron chi connectivity index (χ2n) is 10.1. The first-order chi connectivity index (χ1) is 16.1. The van der Waals surface area contributed by atoms with Gasteiger partial charge in [-0.1, -0.05) is 36.4 Å². The minimum atomic E-state index is 0.132. The summed E-state index contributed by atoms with van der Waals surface area (Å²) in [7, 11) is 0. The Hall–Kier alpha value is -2.92. The highest BCUT2D eigenvalue weighted by Gasteiger charge is 2.39. The zero-order valence-electron chi connectivity index (χ0n) is 19.2. The van der Waals surface area contributed by atoms with E-state index in [0.717, 1.165) is 52.0 Å². The smallest absolute Gasteiger partial charge is 0.250 e. The number of hydrogen-bond donors (Lipinski definition) is 0. The van der Waals surface area contributed by atoms with Crippen LogP contribution in [0.15, 0.2) is 59.4 Å². The number of hydrogen-bond acceptors (Lipinski definition) is 3. The van der Waals surface area contributed by atoms with E-state index < -0.39 is 0 Å². The van der Waals surface area contributed by atoms with Crippen molar-refractivity contribution >= 4 is 16.7 Å². The van der Waals surface area contributed by atoms with Crippen molar-refractivity contribution in [2.45, 2.75) is 44.7 Å². The highest BCUT2D eigenvalue weighted by molar-refractivity contribution is 5.87. The quantitative estimate of drug-likeness (QED) is 0.602. The number of likely N-dealkylation sites (tertiary alicyclic amines) is 2. The second-order valence-corrected chi connectivity index (χ2v) is 10.1.